The van der Waals surface area contributed by atoms with Gasteiger partial charge in [0.2, 0.25) is 0 Å². The largest absolute Gasteiger partial charge is 0.394 e. The summed E-state index contributed by atoms with van der Waals surface area (Å²) in [6.45, 7) is 7.27. The summed E-state index contributed by atoms with van der Waals surface area (Å²) in [6, 6.07) is 0. The second kappa shape index (κ2) is 6.20. The van der Waals surface area contributed by atoms with E-state index in [1.165, 1.54) is 0 Å². The van der Waals surface area contributed by atoms with Gasteiger partial charge in [0.1, 0.15) is 30.5 Å². The molecule has 0 bridgehead atoms. The third-order valence-corrected chi connectivity index (χ3v) is 4.12. The van der Waals surface area contributed by atoms with Crippen molar-refractivity contribution in [3.63, 3.8) is 0 Å². The molecule has 0 amide bonds. The zero-order chi connectivity index (χ0) is 16.8. The smallest absolute Gasteiger partial charge is 0.190 e. The van der Waals surface area contributed by atoms with Crippen LogP contribution in [-0.2, 0) is 28.4 Å². The molecule has 2 unspecified atom stereocenters. The summed E-state index contributed by atoms with van der Waals surface area (Å²) < 4.78 is 34.8. The minimum atomic E-state index is -0.956. The second-order valence-corrected chi connectivity index (χ2v) is 7.07. The van der Waals surface area contributed by atoms with Crippen molar-refractivity contribution < 1.29 is 38.6 Å². The van der Waals surface area contributed by atoms with Crippen molar-refractivity contribution in [1.29, 1.82) is 0 Å². The molecule has 134 valence electrons. The Balaban J connectivity index is 1.71. The van der Waals surface area contributed by atoms with Crippen LogP contribution in [0.3, 0.4) is 0 Å². The summed E-state index contributed by atoms with van der Waals surface area (Å²) in [5.41, 5.74) is 0. The average molecular weight is 334 g/mol. The molecule has 3 aliphatic heterocycles. The summed E-state index contributed by atoms with van der Waals surface area (Å²) in [6.07, 6.45) is -3.17. The van der Waals surface area contributed by atoms with E-state index in [0.29, 0.717) is 6.61 Å². The van der Waals surface area contributed by atoms with Crippen molar-refractivity contribution in [2.75, 3.05) is 19.8 Å². The zero-order valence-electron chi connectivity index (χ0n) is 13.9. The summed E-state index contributed by atoms with van der Waals surface area (Å²) in [5, 5.41) is 18.5. The number of hydrogen-bond donors (Lipinski definition) is 2. The van der Waals surface area contributed by atoms with Gasteiger partial charge in [-0.25, -0.2) is 0 Å². The highest BCUT2D eigenvalue weighted by molar-refractivity contribution is 4.98. The maximum Gasteiger partial charge on any atom is 0.190 e. The Morgan fingerprint density at radius 3 is 2.43 bits per heavy atom. The Hall–Kier alpha value is -0.320. The van der Waals surface area contributed by atoms with E-state index < -0.39 is 42.3 Å². The average Bonchev–Trinajstić information content (AvgIpc) is 3.05. The van der Waals surface area contributed by atoms with E-state index in [1.54, 1.807) is 0 Å². The Kier molecular flexibility index (Phi) is 4.72. The maximum atomic E-state index is 9.55. The van der Waals surface area contributed by atoms with Crippen LogP contribution in [0.2, 0.25) is 0 Å². The lowest BCUT2D eigenvalue weighted by Crippen LogP contribution is -2.45. The highest BCUT2D eigenvalue weighted by atomic mass is 16.8. The molecule has 3 aliphatic rings. The quantitative estimate of drug-likeness (QED) is 0.711. The molecule has 3 saturated heterocycles. The van der Waals surface area contributed by atoms with Gasteiger partial charge in [-0.05, 0) is 27.7 Å². The molecule has 0 spiro atoms. The van der Waals surface area contributed by atoms with Gasteiger partial charge in [-0.3, -0.25) is 0 Å². The van der Waals surface area contributed by atoms with E-state index in [4.69, 9.17) is 33.5 Å². The van der Waals surface area contributed by atoms with Crippen molar-refractivity contribution in [2.24, 2.45) is 0 Å². The molecular weight excluding hydrogens is 308 g/mol. The van der Waals surface area contributed by atoms with Crippen molar-refractivity contribution in [3.05, 3.63) is 0 Å². The first-order valence-corrected chi connectivity index (χ1v) is 7.94. The Morgan fingerprint density at radius 1 is 1.09 bits per heavy atom. The van der Waals surface area contributed by atoms with Gasteiger partial charge in [0.15, 0.2) is 17.9 Å². The second-order valence-electron chi connectivity index (χ2n) is 7.07. The highest BCUT2D eigenvalue weighted by Gasteiger charge is 2.58. The lowest BCUT2D eigenvalue weighted by molar-refractivity contribution is -0.237. The number of fused-ring (bicyclic) bond motifs is 1. The van der Waals surface area contributed by atoms with Gasteiger partial charge in [-0.15, -0.1) is 0 Å². The van der Waals surface area contributed by atoms with Gasteiger partial charge in [-0.1, -0.05) is 0 Å². The number of hydrogen-bond acceptors (Lipinski definition) is 8. The SMILES string of the molecule is CC1(C)OCC([C@H]2O[C@@H]3OC(C)(C)O[C@@H]3[C@H]2OCC(O)CO)O1. The zero-order valence-corrected chi connectivity index (χ0v) is 13.9. The molecule has 6 atom stereocenters. The molecule has 2 N–H and O–H groups in total. The van der Waals surface area contributed by atoms with E-state index in [9.17, 15) is 5.11 Å². The van der Waals surface area contributed by atoms with Crippen LogP contribution in [0.1, 0.15) is 27.7 Å². The number of aliphatic hydroxyl groups excluding tert-OH is 2. The molecule has 8 nitrogen and oxygen atoms in total. The molecule has 23 heavy (non-hydrogen) atoms. The van der Waals surface area contributed by atoms with Crippen LogP contribution < -0.4 is 0 Å². The first kappa shape index (κ1) is 17.5. The Morgan fingerprint density at radius 2 is 1.83 bits per heavy atom. The van der Waals surface area contributed by atoms with E-state index in [-0.39, 0.29) is 19.3 Å². The standard InChI is InChI=1S/C15H26O8/c1-14(2)19-7-9(21-14)10-11(18-6-8(17)5-16)12-13(20-10)23-15(3,4)22-12/h8-13,16-17H,5-7H2,1-4H3/t8?,9?,10-,11+,12-,13-/m1/s1. The molecule has 0 aromatic carbocycles. The Bertz CT molecular complexity index is 426. The lowest BCUT2D eigenvalue weighted by atomic mass is 10.1. The fraction of sp³-hybridized carbons (Fsp3) is 1.00. The van der Waals surface area contributed by atoms with Gasteiger partial charge in [0.05, 0.1) is 19.8 Å². The summed E-state index contributed by atoms with van der Waals surface area (Å²) in [5.74, 6) is -1.44. The minimum Gasteiger partial charge on any atom is -0.394 e. The Labute approximate surface area is 135 Å². The fourth-order valence-electron chi connectivity index (χ4n) is 3.15. The molecule has 3 rings (SSSR count). The normalized spacial score (nSPS) is 42.8. The number of rotatable bonds is 5. The highest BCUT2D eigenvalue weighted by Crippen LogP contribution is 2.41. The first-order valence-electron chi connectivity index (χ1n) is 7.94. The van der Waals surface area contributed by atoms with Crippen molar-refractivity contribution in [2.45, 2.75) is 76.1 Å². The molecule has 0 aromatic heterocycles. The van der Waals surface area contributed by atoms with Crippen LogP contribution in [0.15, 0.2) is 0 Å². The van der Waals surface area contributed by atoms with Gasteiger partial charge in [0.25, 0.3) is 0 Å². The van der Waals surface area contributed by atoms with Crippen LogP contribution in [0.25, 0.3) is 0 Å². The van der Waals surface area contributed by atoms with Crippen molar-refractivity contribution in [3.8, 4) is 0 Å². The monoisotopic (exact) mass is 334 g/mol. The van der Waals surface area contributed by atoms with Gasteiger partial charge in [-0.2, -0.15) is 0 Å². The van der Waals surface area contributed by atoms with Crippen LogP contribution in [-0.4, -0.2) is 78.4 Å². The van der Waals surface area contributed by atoms with E-state index in [1.807, 2.05) is 27.7 Å². The summed E-state index contributed by atoms with van der Waals surface area (Å²) in [4.78, 5) is 0. The first-order chi connectivity index (χ1) is 10.7. The molecule has 3 fully saturated rings. The third-order valence-electron chi connectivity index (χ3n) is 4.12. The van der Waals surface area contributed by atoms with Crippen molar-refractivity contribution >= 4 is 0 Å². The van der Waals surface area contributed by atoms with Crippen LogP contribution in [0, 0.1) is 0 Å². The van der Waals surface area contributed by atoms with Crippen LogP contribution in [0.4, 0.5) is 0 Å². The fourth-order valence-corrected chi connectivity index (χ4v) is 3.15. The lowest BCUT2D eigenvalue weighted by Gasteiger charge is -2.29. The minimum absolute atomic E-state index is 0.0228. The number of ether oxygens (including phenoxy) is 6. The van der Waals surface area contributed by atoms with Crippen LogP contribution in [0.5, 0.6) is 0 Å². The topological polar surface area (TPSA) is 95.8 Å². The third kappa shape index (κ3) is 3.69. The predicted octanol–water partition coefficient (Wildman–Crippen LogP) is -0.247. The van der Waals surface area contributed by atoms with E-state index >= 15 is 0 Å². The molecular formula is C15H26O8. The van der Waals surface area contributed by atoms with Crippen LogP contribution >= 0.6 is 0 Å². The number of aliphatic hydroxyl groups is 2. The molecule has 0 saturated carbocycles. The predicted molar refractivity (Wildman–Crippen MR) is 76.4 cm³/mol. The van der Waals surface area contributed by atoms with Gasteiger partial charge in [0, 0.05) is 0 Å². The maximum absolute atomic E-state index is 9.55. The van der Waals surface area contributed by atoms with Gasteiger partial charge >= 0.3 is 0 Å². The summed E-state index contributed by atoms with van der Waals surface area (Å²) in [7, 11) is 0. The summed E-state index contributed by atoms with van der Waals surface area (Å²) >= 11 is 0. The molecule has 0 radical (unpaired) electrons. The molecule has 8 heteroatoms. The van der Waals surface area contributed by atoms with E-state index in [2.05, 4.69) is 0 Å². The molecule has 0 aromatic rings. The molecule has 0 aliphatic carbocycles. The van der Waals surface area contributed by atoms with Gasteiger partial charge < -0.3 is 38.6 Å². The van der Waals surface area contributed by atoms with E-state index in [0.717, 1.165) is 0 Å². The van der Waals surface area contributed by atoms with Crippen molar-refractivity contribution in [1.82, 2.24) is 0 Å². The molecule has 3 heterocycles.